The van der Waals surface area contributed by atoms with Gasteiger partial charge in [0.2, 0.25) is 5.95 Å². The van der Waals surface area contributed by atoms with Gasteiger partial charge in [0, 0.05) is 12.7 Å². The van der Waals surface area contributed by atoms with Gasteiger partial charge in [-0.05, 0) is 33.3 Å². The minimum atomic E-state index is 0.294. The van der Waals surface area contributed by atoms with Gasteiger partial charge in [0.05, 0.1) is 12.3 Å². The van der Waals surface area contributed by atoms with E-state index in [-0.39, 0.29) is 0 Å². The van der Waals surface area contributed by atoms with Crippen LogP contribution in [0.2, 0.25) is 0 Å². The molecule has 2 aromatic heterocycles. The molecule has 2 rings (SSSR count). The highest BCUT2D eigenvalue weighted by Crippen LogP contribution is 2.16. The molecule has 0 amide bonds. The number of nitrogens with zero attached hydrogens (tertiary/aromatic N) is 5. The van der Waals surface area contributed by atoms with Crippen LogP contribution < -0.4 is 10.1 Å². The van der Waals surface area contributed by atoms with E-state index < -0.39 is 0 Å². The Balaban J connectivity index is 2.54. The average molecular weight is 262 g/mol. The molecule has 102 valence electrons. The molecule has 0 aliphatic carbocycles. The molecule has 0 saturated carbocycles. The van der Waals surface area contributed by atoms with Crippen molar-refractivity contribution in [3.8, 4) is 12.0 Å². The van der Waals surface area contributed by atoms with E-state index in [2.05, 4.69) is 25.4 Å². The Morgan fingerprint density at radius 3 is 2.42 bits per heavy atom. The summed E-state index contributed by atoms with van der Waals surface area (Å²) in [6, 6.07) is 0.294. The van der Waals surface area contributed by atoms with Crippen LogP contribution >= 0.6 is 0 Å². The maximum atomic E-state index is 5.34. The fourth-order valence-corrected chi connectivity index (χ4v) is 1.66. The number of anilines is 1. The van der Waals surface area contributed by atoms with Crippen molar-refractivity contribution in [1.82, 2.24) is 24.7 Å². The molecular weight excluding hydrogens is 244 g/mol. The van der Waals surface area contributed by atoms with Crippen molar-refractivity contribution in [1.29, 1.82) is 0 Å². The van der Waals surface area contributed by atoms with Crippen molar-refractivity contribution in [3.63, 3.8) is 0 Å². The highest BCUT2D eigenvalue weighted by molar-refractivity contribution is 5.33. The van der Waals surface area contributed by atoms with E-state index in [1.165, 1.54) is 0 Å². The summed E-state index contributed by atoms with van der Waals surface area (Å²) >= 11 is 0. The highest BCUT2D eigenvalue weighted by atomic mass is 16.5. The topological polar surface area (TPSA) is 77.8 Å². The normalized spacial score (nSPS) is 10.6. The Morgan fingerprint density at radius 1 is 1.16 bits per heavy atom. The van der Waals surface area contributed by atoms with Crippen molar-refractivity contribution in [2.24, 2.45) is 0 Å². The Hall–Kier alpha value is -2.18. The first kappa shape index (κ1) is 13.3. The van der Waals surface area contributed by atoms with Crippen molar-refractivity contribution in [2.45, 2.75) is 27.7 Å². The molecule has 0 aromatic carbocycles. The number of ether oxygens (including phenoxy) is 1. The van der Waals surface area contributed by atoms with Gasteiger partial charge in [-0.2, -0.15) is 20.1 Å². The number of aromatic nitrogens is 5. The van der Waals surface area contributed by atoms with Gasteiger partial charge in [0.1, 0.15) is 0 Å². The molecule has 0 atom stereocenters. The molecule has 0 aliphatic rings. The van der Waals surface area contributed by atoms with E-state index in [0.717, 1.165) is 17.0 Å². The number of rotatable bonds is 4. The largest absolute Gasteiger partial charge is 0.464 e. The predicted octanol–water partition coefficient (Wildman–Crippen LogP) is 1.42. The van der Waals surface area contributed by atoms with Crippen LogP contribution in [0.25, 0.3) is 5.95 Å². The van der Waals surface area contributed by atoms with Crippen LogP contribution in [0.15, 0.2) is 0 Å². The molecule has 2 aromatic rings. The van der Waals surface area contributed by atoms with Gasteiger partial charge < -0.3 is 10.1 Å². The molecule has 0 bridgehead atoms. The van der Waals surface area contributed by atoms with E-state index in [0.29, 0.717) is 24.5 Å². The first-order valence-electron chi connectivity index (χ1n) is 6.16. The van der Waals surface area contributed by atoms with E-state index in [1.54, 1.807) is 11.7 Å². The molecule has 0 spiro atoms. The molecule has 0 aliphatic heterocycles. The van der Waals surface area contributed by atoms with Gasteiger partial charge in [0.15, 0.2) is 0 Å². The quantitative estimate of drug-likeness (QED) is 0.898. The van der Waals surface area contributed by atoms with Gasteiger partial charge in [-0.3, -0.25) is 0 Å². The number of aryl methyl sites for hydroxylation is 1. The minimum absolute atomic E-state index is 0.294. The van der Waals surface area contributed by atoms with Gasteiger partial charge in [-0.15, -0.1) is 0 Å². The third kappa shape index (κ3) is 2.49. The summed E-state index contributed by atoms with van der Waals surface area (Å²) < 4.78 is 7.05. The summed E-state index contributed by atoms with van der Waals surface area (Å²) in [4.78, 5) is 12.7. The molecule has 0 fully saturated rings. The monoisotopic (exact) mass is 262 g/mol. The fraction of sp³-hybridized carbons (Fsp3) is 0.500. The maximum Gasteiger partial charge on any atom is 0.323 e. The van der Waals surface area contributed by atoms with Crippen LogP contribution in [0.5, 0.6) is 6.01 Å². The van der Waals surface area contributed by atoms with E-state index in [4.69, 9.17) is 4.74 Å². The molecule has 19 heavy (non-hydrogen) atoms. The minimum Gasteiger partial charge on any atom is -0.464 e. The van der Waals surface area contributed by atoms with Crippen molar-refractivity contribution in [3.05, 3.63) is 17.0 Å². The van der Waals surface area contributed by atoms with Crippen LogP contribution in [0.3, 0.4) is 0 Å². The van der Waals surface area contributed by atoms with Crippen LogP contribution in [0.4, 0.5) is 5.95 Å². The average Bonchev–Trinajstić information content (AvgIpc) is 2.66. The SMILES string of the molecule is CCOc1nc(NC)nc(-n2nc(C)c(C)c2C)n1. The van der Waals surface area contributed by atoms with Crippen molar-refractivity contribution >= 4 is 5.95 Å². The smallest absolute Gasteiger partial charge is 0.323 e. The van der Waals surface area contributed by atoms with Crippen molar-refractivity contribution in [2.75, 3.05) is 19.0 Å². The van der Waals surface area contributed by atoms with Crippen LogP contribution in [0.1, 0.15) is 23.9 Å². The maximum absolute atomic E-state index is 5.34. The Morgan fingerprint density at radius 2 is 1.89 bits per heavy atom. The summed E-state index contributed by atoms with van der Waals surface area (Å²) in [5, 5.41) is 7.33. The third-order valence-electron chi connectivity index (χ3n) is 2.94. The molecular formula is C12H18N6O. The van der Waals surface area contributed by atoms with E-state index >= 15 is 0 Å². The zero-order chi connectivity index (χ0) is 14.0. The molecule has 2 heterocycles. The Bertz CT molecular complexity index is 592. The fourth-order valence-electron chi connectivity index (χ4n) is 1.66. The molecule has 0 radical (unpaired) electrons. The van der Waals surface area contributed by atoms with Crippen LogP contribution in [-0.2, 0) is 0 Å². The molecule has 7 nitrogen and oxygen atoms in total. The predicted molar refractivity (Wildman–Crippen MR) is 71.9 cm³/mol. The Kier molecular flexibility index (Phi) is 3.64. The summed E-state index contributed by atoms with van der Waals surface area (Å²) in [5.74, 6) is 0.912. The first-order chi connectivity index (χ1) is 9.06. The summed E-state index contributed by atoms with van der Waals surface area (Å²) in [6.45, 7) is 8.36. The second-order valence-corrected chi connectivity index (χ2v) is 4.13. The first-order valence-corrected chi connectivity index (χ1v) is 6.16. The molecule has 0 unspecified atom stereocenters. The lowest BCUT2D eigenvalue weighted by Gasteiger charge is -2.07. The zero-order valence-electron chi connectivity index (χ0n) is 11.9. The Labute approximate surface area is 112 Å². The van der Waals surface area contributed by atoms with E-state index in [1.807, 2.05) is 27.7 Å². The standard InChI is InChI=1S/C12H18N6O/c1-6-19-12-15-10(13-5)14-11(16-12)18-9(4)7(2)8(3)17-18/h6H2,1-5H3,(H,13,14,15,16). The number of hydrogen-bond donors (Lipinski definition) is 1. The number of nitrogens with one attached hydrogen (secondary N) is 1. The summed E-state index contributed by atoms with van der Waals surface area (Å²) in [5.41, 5.74) is 3.10. The van der Waals surface area contributed by atoms with Gasteiger partial charge in [-0.25, -0.2) is 4.68 Å². The van der Waals surface area contributed by atoms with Gasteiger partial charge >= 0.3 is 6.01 Å². The number of hydrogen-bond acceptors (Lipinski definition) is 6. The molecule has 7 heteroatoms. The summed E-state index contributed by atoms with van der Waals surface area (Å²) in [7, 11) is 1.75. The zero-order valence-corrected chi connectivity index (χ0v) is 11.9. The third-order valence-corrected chi connectivity index (χ3v) is 2.94. The van der Waals surface area contributed by atoms with Crippen molar-refractivity contribution < 1.29 is 4.74 Å². The lowest BCUT2D eigenvalue weighted by atomic mass is 10.2. The lowest BCUT2D eigenvalue weighted by molar-refractivity contribution is 0.311. The summed E-state index contributed by atoms with van der Waals surface area (Å²) in [6.07, 6.45) is 0. The van der Waals surface area contributed by atoms with E-state index in [9.17, 15) is 0 Å². The second-order valence-electron chi connectivity index (χ2n) is 4.13. The van der Waals surface area contributed by atoms with Crippen LogP contribution in [-0.4, -0.2) is 38.4 Å². The molecule has 1 N–H and O–H groups in total. The second kappa shape index (κ2) is 5.21. The van der Waals surface area contributed by atoms with Gasteiger partial charge in [-0.1, -0.05) is 0 Å². The van der Waals surface area contributed by atoms with Gasteiger partial charge in [0.25, 0.3) is 5.95 Å². The molecule has 0 saturated heterocycles. The van der Waals surface area contributed by atoms with Crippen LogP contribution in [0, 0.1) is 20.8 Å². The lowest BCUT2D eigenvalue weighted by Crippen LogP contribution is -2.11. The highest BCUT2D eigenvalue weighted by Gasteiger charge is 2.14.